The number of rotatable bonds is 7. The van der Waals surface area contributed by atoms with E-state index in [1.807, 2.05) is 46.6 Å². The number of hydrogen-bond donors (Lipinski definition) is 2. The van der Waals surface area contributed by atoms with Crippen molar-refractivity contribution in [2.75, 3.05) is 18.8 Å². The number of halogens is 1. The molecule has 0 aliphatic rings. The minimum atomic E-state index is 0. The maximum Gasteiger partial charge on any atom is 0.191 e. The Morgan fingerprint density at radius 2 is 1.88 bits per heavy atom. The largest absolute Gasteiger partial charge is 0.357 e. The third-order valence-corrected chi connectivity index (χ3v) is 4.53. The lowest BCUT2D eigenvalue weighted by atomic mass is 10.4. The van der Waals surface area contributed by atoms with Crippen LogP contribution in [0.3, 0.4) is 0 Å². The van der Waals surface area contributed by atoms with Gasteiger partial charge in [-0.15, -0.1) is 45.9 Å². The van der Waals surface area contributed by atoms with E-state index in [2.05, 4.69) is 57.0 Å². The fourth-order valence-corrected chi connectivity index (χ4v) is 3.13. The van der Waals surface area contributed by atoms with Gasteiger partial charge in [0.25, 0.3) is 0 Å². The number of nitrogens with zero attached hydrogens (tertiary/aromatic N) is 4. The molecule has 0 spiro atoms. The summed E-state index contributed by atoms with van der Waals surface area (Å²) in [6, 6.07) is 16.3. The number of fused-ring (bicyclic) bond motifs is 1. The van der Waals surface area contributed by atoms with Crippen LogP contribution in [0.15, 0.2) is 64.6 Å². The third-order valence-electron chi connectivity index (χ3n) is 3.51. The van der Waals surface area contributed by atoms with E-state index in [0.717, 1.165) is 36.3 Å². The predicted octanol–water partition coefficient (Wildman–Crippen LogP) is 3.19. The lowest BCUT2D eigenvalue weighted by Gasteiger charge is -2.10. The van der Waals surface area contributed by atoms with Crippen LogP contribution < -0.4 is 10.6 Å². The zero-order chi connectivity index (χ0) is 17.3. The Labute approximate surface area is 174 Å². The second-order valence-corrected chi connectivity index (χ2v) is 6.50. The van der Waals surface area contributed by atoms with E-state index >= 15 is 0 Å². The SMILES string of the molecule is CCNC(=NCc1nnc2ccccn12)NCCSc1ccccc1.I. The first-order chi connectivity index (χ1) is 12.4. The van der Waals surface area contributed by atoms with E-state index in [-0.39, 0.29) is 24.0 Å². The van der Waals surface area contributed by atoms with Crippen LogP contribution in [0, 0.1) is 0 Å². The van der Waals surface area contributed by atoms with Gasteiger partial charge < -0.3 is 10.6 Å². The number of aromatic nitrogens is 3. The molecule has 0 saturated carbocycles. The molecule has 1 aromatic carbocycles. The molecule has 0 amide bonds. The van der Waals surface area contributed by atoms with Gasteiger partial charge in [-0.25, -0.2) is 4.99 Å². The molecular weight excluding hydrogens is 459 g/mol. The number of aliphatic imine (C=N–C) groups is 1. The van der Waals surface area contributed by atoms with Crippen LogP contribution in [0.4, 0.5) is 0 Å². The van der Waals surface area contributed by atoms with Crippen molar-refractivity contribution in [3.8, 4) is 0 Å². The van der Waals surface area contributed by atoms with Gasteiger partial charge in [0.2, 0.25) is 0 Å². The molecule has 0 aliphatic carbocycles. The highest BCUT2D eigenvalue weighted by Gasteiger charge is 2.04. The molecule has 2 aromatic heterocycles. The summed E-state index contributed by atoms with van der Waals surface area (Å²) in [5, 5.41) is 15.0. The fourth-order valence-electron chi connectivity index (χ4n) is 2.35. The zero-order valence-corrected chi connectivity index (χ0v) is 17.8. The lowest BCUT2D eigenvalue weighted by molar-refractivity contribution is 0.818. The number of benzene rings is 1. The molecule has 8 heteroatoms. The maximum absolute atomic E-state index is 4.61. The van der Waals surface area contributed by atoms with Gasteiger partial charge in [-0.3, -0.25) is 4.40 Å². The van der Waals surface area contributed by atoms with Crippen molar-refractivity contribution in [2.45, 2.75) is 18.4 Å². The van der Waals surface area contributed by atoms with Crippen LogP contribution in [-0.4, -0.2) is 39.4 Å². The number of guanidine groups is 1. The molecule has 2 heterocycles. The van der Waals surface area contributed by atoms with Gasteiger partial charge in [0.15, 0.2) is 17.4 Å². The lowest BCUT2D eigenvalue weighted by Crippen LogP contribution is -2.38. The van der Waals surface area contributed by atoms with Crippen LogP contribution in [-0.2, 0) is 6.54 Å². The summed E-state index contributed by atoms with van der Waals surface area (Å²) >= 11 is 1.83. The van der Waals surface area contributed by atoms with Crippen molar-refractivity contribution >= 4 is 47.3 Å². The fraction of sp³-hybridized carbons (Fsp3) is 0.278. The summed E-state index contributed by atoms with van der Waals surface area (Å²) < 4.78 is 1.96. The summed E-state index contributed by atoms with van der Waals surface area (Å²) in [5.41, 5.74) is 0.838. The first-order valence-electron chi connectivity index (χ1n) is 8.35. The van der Waals surface area contributed by atoms with Crippen molar-refractivity contribution in [3.63, 3.8) is 0 Å². The highest BCUT2D eigenvalue weighted by molar-refractivity contribution is 14.0. The van der Waals surface area contributed by atoms with Crippen LogP contribution in [0.1, 0.15) is 12.7 Å². The molecular formula is C18H23IN6S. The minimum Gasteiger partial charge on any atom is -0.357 e. The van der Waals surface area contributed by atoms with Crippen molar-refractivity contribution in [3.05, 3.63) is 60.6 Å². The first-order valence-corrected chi connectivity index (χ1v) is 9.34. The van der Waals surface area contributed by atoms with Crippen LogP contribution in [0.25, 0.3) is 5.65 Å². The molecule has 3 rings (SSSR count). The number of pyridine rings is 1. The topological polar surface area (TPSA) is 66.6 Å². The van der Waals surface area contributed by atoms with Crippen molar-refractivity contribution < 1.29 is 0 Å². The number of nitrogens with one attached hydrogen (secondary N) is 2. The van der Waals surface area contributed by atoms with E-state index in [9.17, 15) is 0 Å². The van der Waals surface area contributed by atoms with E-state index in [1.54, 1.807) is 0 Å². The Balaban J connectivity index is 0.00000243. The molecule has 0 bridgehead atoms. The predicted molar refractivity (Wildman–Crippen MR) is 118 cm³/mol. The normalized spacial score (nSPS) is 11.2. The molecule has 2 N–H and O–H groups in total. The molecule has 26 heavy (non-hydrogen) atoms. The van der Waals surface area contributed by atoms with Crippen molar-refractivity contribution in [1.29, 1.82) is 0 Å². The smallest absolute Gasteiger partial charge is 0.191 e. The minimum absolute atomic E-state index is 0. The van der Waals surface area contributed by atoms with Crippen LogP contribution >= 0.6 is 35.7 Å². The van der Waals surface area contributed by atoms with E-state index < -0.39 is 0 Å². The highest BCUT2D eigenvalue weighted by atomic mass is 127. The first kappa shape index (κ1) is 20.5. The maximum atomic E-state index is 4.61. The van der Waals surface area contributed by atoms with E-state index in [1.165, 1.54) is 4.90 Å². The average molecular weight is 482 g/mol. The average Bonchev–Trinajstić information content (AvgIpc) is 3.07. The highest BCUT2D eigenvalue weighted by Crippen LogP contribution is 2.15. The summed E-state index contributed by atoms with van der Waals surface area (Å²) in [6.45, 7) is 4.19. The van der Waals surface area contributed by atoms with Crippen molar-refractivity contribution in [2.24, 2.45) is 4.99 Å². The Hall–Kier alpha value is -1.81. The molecule has 0 fully saturated rings. The quantitative estimate of drug-likeness (QED) is 0.178. The summed E-state index contributed by atoms with van der Waals surface area (Å²) in [5.74, 6) is 2.60. The number of thioether (sulfide) groups is 1. The van der Waals surface area contributed by atoms with Gasteiger partial charge in [0.05, 0.1) is 0 Å². The second kappa shape index (κ2) is 11.0. The van der Waals surface area contributed by atoms with E-state index in [4.69, 9.17) is 0 Å². The third kappa shape index (κ3) is 5.87. The van der Waals surface area contributed by atoms with Gasteiger partial charge >= 0.3 is 0 Å². The van der Waals surface area contributed by atoms with Gasteiger partial charge in [-0.2, -0.15) is 0 Å². The van der Waals surface area contributed by atoms with Crippen LogP contribution in [0.5, 0.6) is 0 Å². The molecule has 3 aromatic rings. The molecule has 138 valence electrons. The summed E-state index contributed by atoms with van der Waals surface area (Å²) in [4.78, 5) is 5.89. The molecule has 0 aliphatic heterocycles. The van der Waals surface area contributed by atoms with Gasteiger partial charge in [0.1, 0.15) is 6.54 Å². The zero-order valence-electron chi connectivity index (χ0n) is 14.6. The van der Waals surface area contributed by atoms with Crippen molar-refractivity contribution in [1.82, 2.24) is 25.2 Å². The molecule has 0 saturated heterocycles. The standard InChI is InChI=1S/C18H22N6S.HI/c1-2-19-18(20-11-13-25-15-8-4-3-5-9-15)21-14-17-23-22-16-10-6-7-12-24(16)17;/h3-10,12H,2,11,13-14H2,1H3,(H2,19,20,21);1H. The van der Waals surface area contributed by atoms with Gasteiger partial charge in [-0.05, 0) is 31.2 Å². The Morgan fingerprint density at radius 3 is 2.69 bits per heavy atom. The Kier molecular flexibility index (Phi) is 8.69. The van der Waals surface area contributed by atoms with Gasteiger partial charge in [0, 0.05) is 29.9 Å². The molecule has 6 nitrogen and oxygen atoms in total. The molecule has 0 radical (unpaired) electrons. The van der Waals surface area contributed by atoms with Crippen LogP contribution in [0.2, 0.25) is 0 Å². The molecule has 0 atom stereocenters. The van der Waals surface area contributed by atoms with E-state index in [0.29, 0.717) is 6.54 Å². The Morgan fingerprint density at radius 1 is 1.08 bits per heavy atom. The monoisotopic (exact) mass is 482 g/mol. The molecule has 0 unspecified atom stereocenters. The number of hydrogen-bond acceptors (Lipinski definition) is 4. The summed E-state index contributed by atoms with van der Waals surface area (Å²) in [6.07, 6.45) is 1.96. The summed E-state index contributed by atoms with van der Waals surface area (Å²) in [7, 11) is 0. The Bertz CT molecular complexity index is 821. The van der Waals surface area contributed by atoms with Gasteiger partial charge in [-0.1, -0.05) is 24.3 Å². The second-order valence-electron chi connectivity index (χ2n) is 5.33.